The molecule has 0 aliphatic heterocycles. The normalized spacial score (nSPS) is 10.6. The van der Waals surface area contributed by atoms with Crippen molar-refractivity contribution in [3.05, 3.63) is 27.2 Å². The van der Waals surface area contributed by atoms with E-state index in [9.17, 15) is 9.59 Å². The second-order valence-electron chi connectivity index (χ2n) is 5.60. The number of ether oxygens (including phenoxy) is 2. The maximum Gasteiger partial charge on any atom is 0.311 e. The van der Waals surface area contributed by atoms with Gasteiger partial charge in [0.1, 0.15) is 0 Å². The highest BCUT2D eigenvalue weighted by Gasteiger charge is 2.13. The van der Waals surface area contributed by atoms with Gasteiger partial charge in [0.15, 0.2) is 5.75 Å². The third-order valence-corrected chi connectivity index (χ3v) is 4.28. The lowest BCUT2D eigenvalue weighted by Gasteiger charge is -2.08. The van der Waals surface area contributed by atoms with Crippen LogP contribution in [0.3, 0.4) is 0 Å². The van der Waals surface area contributed by atoms with Crippen molar-refractivity contribution in [1.82, 2.24) is 0 Å². The Morgan fingerprint density at radius 2 is 1.32 bits per heavy atom. The summed E-state index contributed by atoms with van der Waals surface area (Å²) in [6.07, 6.45) is 6.31. The van der Waals surface area contributed by atoms with Crippen LogP contribution in [-0.4, -0.2) is 18.5 Å². The summed E-state index contributed by atoms with van der Waals surface area (Å²) in [5.41, 5.74) is 0. The number of unbranched alkanes of at least 4 members (excludes halogenated alkanes) is 5. The topological polar surface area (TPSA) is 52.6 Å². The summed E-state index contributed by atoms with van der Waals surface area (Å²) in [5, 5.41) is 0.817. The van der Waals surface area contributed by atoms with E-state index >= 15 is 0 Å². The predicted molar refractivity (Wildman–Crippen MR) is 101 cm³/mol. The number of hydrogen-bond donors (Lipinski definition) is 0. The maximum atomic E-state index is 11.8. The second-order valence-corrected chi connectivity index (χ2v) is 6.85. The number of hydrogen-bond acceptors (Lipinski definition) is 4. The van der Waals surface area contributed by atoms with Crippen LogP contribution in [-0.2, 0) is 14.3 Å². The van der Waals surface area contributed by atoms with E-state index in [4.69, 9.17) is 44.3 Å². The molecule has 0 atom stereocenters. The Morgan fingerprint density at radius 3 is 1.84 bits per heavy atom. The lowest BCUT2D eigenvalue weighted by atomic mass is 10.1. The average molecular weight is 410 g/mol. The highest BCUT2D eigenvalue weighted by Crippen LogP contribution is 2.36. The van der Waals surface area contributed by atoms with Gasteiger partial charge in [0.05, 0.1) is 16.7 Å². The monoisotopic (exact) mass is 408 g/mol. The minimum atomic E-state index is -0.367. The van der Waals surface area contributed by atoms with E-state index in [1.807, 2.05) is 0 Å². The first-order valence-electron chi connectivity index (χ1n) is 8.45. The number of carbonyl (C=O) groups excluding carboxylic acids is 2. The van der Waals surface area contributed by atoms with Crippen LogP contribution in [0.15, 0.2) is 12.1 Å². The smallest absolute Gasteiger partial charge is 0.311 e. The van der Waals surface area contributed by atoms with Crippen molar-refractivity contribution in [3.63, 3.8) is 0 Å². The van der Waals surface area contributed by atoms with Crippen LogP contribution in [0.25, 0.3) is 0 Å². The van der Waals surface area contributed by atoms with Gasteiger partial charge in [-0.25, -0.2) is 0 Å². The third kappa shape index (κ3) is 9.34. The van der Waals surface area contributed by atoms with Crippen molar-refractivity contribution in [1.29, 1.82) is 0 Å². The van der Waals surface area contributed by atoms with Gasteiger partial charge in [0, 0.05) is 17.9 Å². The van der Waals surface area contributed by atoms with Crippen molar-refractivity contribution >= 4 is 46.7 Å². The zero-order valence-electron chi connectivity index (χ0n) is 14.3. The molecule has 0 aliphatic rings. The van der Waals surface area contributed by atoms with Gasteiger partial charge in [-0.3, -0.25) is 9.59 Å². The SMILES string of the molecule is CCOC(=O)CCCCCCCCC(=O)Oc1c(Cl)cc(Cl)cc1Cl. The van der Waals surface area contributed by atoms with Crippen molar-refractivity contribution in [3.8, 4) is 5.75 Å². The van der Waals surface area contributed by atoms with Crippen LogP contribution in [0.5, 0.6) is 5.75 Å². The molecule has 0 unspecified atom stereocenters. The molecular formula is C18H23Cl3O4. The quantitative estimate of drug-likeness (QED) is 0.247. The molecule has 1 aromatic carbocycles. The minimum absolute atomic E-state index is 0.134. The molecule has 0 saturated carbocycles. The summed E-state index contributed by atoms with van der Waals surface area (Å²) >= 11 is 17.8. The summed E-state index contributed by atoms with van der Waals surface area (Å²) in [6.45, 7) is 2.24. The van der Waals surface area contributed by atoms with Crippen LogP contribution >= 0.6 is 34.8 Å². The molecule has 7 heteroatoms. The molecule has 0 bridgehead atoms. The first-order valence-corrected chi connectivity index (χ1v) is 9.58. The van der Waals surface area contributed by atoms with Crippen molar-refractivity contribution in [2.24, 2.45) is 0 Å². The van der Waals surface area contributed by atoms with Crippen LogP contribution < -0.4 is 4.74 Å². The Bertz CT molecular complexity index is 552. The van der Waals surface area contributed by atoms with E-state index in [1.54, 1.807) is 6.92 Å². The predicted octanol–water partition coefficient (Wildman–Crippen LogP) is 6.24. The van der Waals surface area contributed by atoms with Gasteiger partial charge in [-0.1, -0.05) is 60.5 Å². The van der Waals surface area contributed by atoms with Gasteiger partial charge in [-0.2, -0.15) is 0 Å². The Morgan fingerprint density at radius 1 is 0.840 bits per heavy atom. The molecule has 0 aromatic heterocycles. The van der Waals surface area contributed by atoms with E-state index in [-0.39, 0.29) is 27.7 Å². The highest BCUT2D eigenvalue weighted by molar-refractivity contribution is 6.40. The fourth-order valence-corrected chi connectivity index (χ4v) is 3.16. The zero-order valence-corrected chi connectivity index (χ0v) is 16.6. The van der Waals surface area contributed by atoms with Gasteiger partial charge < -0.3 is 9.47 Å². The van der Waals surface area contributed by atoms with Gasteiger partial charge in [-0.15, -0.1) is 0 Å². The van der Waals surface area contributed by atoms with Gasteiger partial charge in [0.2, 0.25) is 0 Å². The fraction of sp³-hybridized carbons (Fsp3) is 0.556. The molecule has 0 amide bonds. The molecule has 4 nitrogen and oxygen atoms in total. The molecular weight excluding hydrogens is 387 g/mol. The largest absolute Gasteiger partial charge is 0.466 e. The van der Waals surface area contributed by atoms with Crippen molar-refractivity contribution in [2.45, 2.75) is 58.3 Å². The molecule has 0 heterocycles. The lowest BCUT2D eigenvalue weighted by molar-refractivity contribution is -0.143. The van der Waals surface area contributed by atoms with E-state index in [0.29, 0.717) is 24.5 Å². The molecule has 0 fully saturated rings. The average Bonchev–Trinajstić information content (AvgIpc) is 2.53. The molecule has 0 saturated heterocycles. The first-order chi connectivity index (χ1) is 11.9. The van der Waals surface area contributed by atoms with Crippen molar-refractivity contribution < 1.29 is 19.1 Å². The Labute approximate surface area is 163 Å². The summed E-state index contributed by atoms with van der Waals surface area (Å²) in [6, 6.07) is 2.96. The van der Waals surface area contributed by atoms with Crippen LogP contribution in [0.1, 0.15) is 58.3 Å². The summed E-state index contributed by atoms with van der Waals surface area (Å²) in [7, 11) is 0. The summed E-state index contributed by atoms with van der Waals surface area (Å²) in [4.78, 5) is 23.0. The second kappa shape index (κ2) is 12.4. The van der Waals surface area contributed by atoms with Crippen LogP contribution in [0, 0.1) is 0 Å². The fourth-order valence-electron chi connectivity index (χ4n) is 2.27. The van der Waals surface area contributed by atoms with Crippen molar-refractivity contribution in [2.75, 3.05) is 6.61 Å². The summed E-state index contributed by atoms with van der Waals surface area (Å²) < 4.78 is 10.1. The van der Waals surface area contributed by atoms with Crippen LogP contribution in [0.2, 0.25) is 15.1 Å². The van der Waals surface area contributed by atoms with E-state index in [2.05, 4.69) is 0 Å². The molecule has 140 valence electrons. The lowest BCUT2D eigenvalue weighted by Crippen LogP contribution is -2.08. The number of halogens is 3. The number of carbonyl (C=O) groups is 2. The van der Waals surface area contributed by atoms with E-state index < -0.39 is 0 Å². The molecule has 0 spiro atoms. The maximum absolute atomic E-state index is 11.8. The van der Waals surface area contributed by atoms with Gasteiger partial charge in [-0.05, 0) is 31.9 Å². The Hall–Kier alpha value is -0.970. The molecule has 0 N–H and O–H groups in total. The van der Waals surface area contributed by atoms with Gasteiger partial charge >= 0.3 is 11.9 Å². The zero-order chi connectivity index (χ0) is 18.7. The Balaban J connectivity index is 2.13. The number of esters is 2. The first kappa shape index (κ1) is 22.1. The third-order valence-electron chi connectivity index (χ3n) is 3.50. The number of benzene rings is 1. The summed E-state index contributed by atoms with van der Waals surface area (Å²) in [5.74, 6) is -0.352. The van der Waals surface area contributed by atoms with E-state index in [1.165, 1.54) is 12.1 Å². The van der Waals surface area contributed by atoms with Gasteiger partial charge in [0.25, 0.3) is 0 Å². The molecule has 25 heavy (non-hydrogen) atoms. The molecule has 1 rings (SSSR count). The molecule has 1 aromatic rings. The number of rotatable bonds is 11. The molecule has 0 aliphatic carbocycles. The highest BCUT2D eigenvalue weighted by atomic mass is 35.5. The minimum Gasteiger partial charge on any atom is -0.466 e. The standard InChI is InChI=1S/C18H23Cl3O4/c1-2-24-16(22)9-7-5-3-4-6-8-10-17(23)25-18-14(20)11-13(19)12-15(18)21/h11-12H,2-10H2,1H3. The molecule has 0 radical (unpaired) electrons. The van der Waals surface area contributed by atoms with E-state index in [0.717, 1.165) is 38.5 Å². The Kier molecular flexibility index (Phi) is 10.9. The van der Waals surface area contributed by atoms with Crippen LogP contribution in [0.4, 0.5) is 0 Å².